The lowest BCUT2D eigenvalue weighted by atomic mass is 10.1. The maximum Gasteiger partial charge on any atom is 0.170 e. The molecule has 0 unspecified atom stereocenters. The van der Waals surface area contributed by atoms with E-state index in [1.807, 2.05) is 36.4 Å². The van der Waals surface area contributed by atoms with Crippen LogP contribution in [-0.2, 0) is 0 Å². The standard InChI is InChI=1S/C17H17ClN2O2/c18-13-3-5-14(6-4-13)22-15-7-10-20(11-8-15)17-2-1-9-19-16(17)12-21/h1-6,9,12,15H,7-8,10-11H2. The Balaban J connectivity index is 1.60. The van der Waals surface area contributed by atoms with Crippen molar-refractivity contribution in [1.29, 1.82) is 0 Å². The van der Waals surface area contributed by atoms with Crippen LogP contribution in [0.15, 0.2) is 42.6 Å². The molecule has 114 valence electrons. The van der Waals surface area contributed by atoms with Gasteiger partial charge in [-0.05, 0) is 36.4 Å². The molecule has 2 heterocycles. The zero-order valence-corrected chi connectivity index (χ0v) is 12.9. The first-order valence-electron chi connectivity index (χ1n) is 7.33. The number of halogens is 1. The zero-order valence-electron chi connectivity index (χ0n) is 12.1. The highest BCUT2D eigenvalue weighted by Gasteiger charge is 2.22. The highest BCUT2D eigenvalue weighted by Crippen LogP contribution is 2.25. The molecule has 0 bridgehead atoms. The lowest BCUT2D eigenvalue weighted by molar-refractivity contribution is 0.111. The molecule has 0 N–H and O–H groups in total. The maximum atomic E-state index is 11.1. The molecule has 0 aliphatic carbocycles. The second-order valence-electron chi connectivity index (χ2n) is 5.28. The molecule has 0 radical (unpaired) electrons. The van der Waals surface area contributed by atoms with E-state index in [9.17, 15) is 4.79 Å². The number of pyridine rings is 1. The van der Waals surface area contributed by atoms with Crippen LogP contribution in [0.5, 0.6) is 5.75 Å². The molecule has 5 heteroatoms. The van der Waals surface area contributed by atoms with Crippen molar-refractivity contribution in [3.05, 3.63) is 53.3 Å². The van der Waals surface area contributed by atoms with Crippen LogP contribution >= 0.6 is 11.6 Å². The molecule has 0 spiro atoms. The normalized spacial score (nSPS) is 15.6. The van der Waals surface area contributed by atoms with E-state index in [0.717, 1.165) is 43.7 Å². The van der Waals surface area contributed by atoms with Gasteiger partial charge in [0.25, 0.3) is 0 Å². The molecular weight excluding hydrogens is 300 g/mol. The number of hydrogen-bond acceptors (Lipinski definition) is 4. The Labute approximate surface area is 134 Å². The number of hydrogen-bond donors (Lipinski definition) is 0. The molecule has 1 aliphatic heterocycles. The number of ether oxygens (including phenoxy) is 1. The SMILES string of the molecule is O=Cc1ncccc1N1CCC(Oc2ccc(Cl)cc2)CC1. The average molecular weight is 317 g/mol. The van der Waals surface area contributed by atoms with Crippen LogP contribution in [-0.4, -0.2) is 30.5 Å². The van der Waals surface area contributed by atoms with Gasteiger partial charge in [0.05, 0.1) is 5.69 Å². The number of benzene rings is 1. The molecule has 0 atom stereocenters. The molecule has 1 aromatic carbocycles. The van der Waals surface area contributed by atoms with Gasteiger partial charge < -0.3 is 9.64 Å². The molecule has 4 nitrogen and oxygen atoms in total. The third kappa shape index (κ3) is 3.39. The molecular formula is C17H17ClN2O2. The van der Waals surface area contributed by atoms with E-state index in [2.05, 4.69) is 9.88 Å². The Hall–Kier alpha value is -2.07. The van der Waals surface area contributed by atoms with Crippen LogP contribution in [0.3, 0.4) is 0 Å². The Morgan fingerprint density at radius 2 is 1.91 bits per heavy atom. The van der Waals surface area contributed by atoms with Crippen LogP contribution in [0.25, 0.3) is 0 Å². The van der Waals surface area contributed by atoms with Gasteiger partial charge in [-0.2, -0.15) is 0 Å². The number of rotatable bonds is 4. The van der Waals surface area contributed by atoms with Gasteiger partial charge in [-0.15, -0.1) is 0 Å². The highest BCUT2D eigenvalue weighted by molar-refractivity contribution is 6.30. The average Bonchev–Trinajstić information content (AvgIpc) is 2.58. The topological polar surface area (TPSA) is 42.4 Å². The Kier molecular flexibility index (Phi) is 4.59. The highest BCUT2D eigenvalue weighted by atomic mass is 35.5. The van der Waals surface area contributed by atoms with Crippen molar-refractivity contribution >= 4 is 23.6 Å². The van der Waals surface area contributed by atoms with Crippen molar-refractivity contribution in [2.75, 3.05) is 18.0 Å². The van der Waals surface area contributed by atoms with Crippen LogP contribution in [0.1, 0.15) is 23.3 Å². The van der Waals surface area contributed by atoms with Crippen molar-refractivity contribution < 1.29 is 9.53 Å². The number of aldehydes is 1. The molecule has 1 fully saturated rings. The summed E-state index contributed by atoms with van der Waals surface area (Å²) in [6, 6.07) is 11.2. The molecule has 2 aromatic rings. The van der Waals surface area contributed by atoms with E-state index in [1.54, 1.807) is 6.20 Å². The monoisotopic (exact) mass is 316 g/mol. The van der Waals surface area contributed by atoms with Gasteiger partial charge in [-0.3, -0.25) is 9.78 Å². The number of anilines is 1. The fourth-order valence-corrected chi connectivity index (χ4v) is 2.81. The fraction of sp³-hybridized carbons (Fsp3) is 0.294. The largest absolute Gasteiger partial charge is 0.490 e. The predicted octanol–water partition coefficient (Wildman–Crippen LogP) is 3.60. The lowest BCUT2D eigenvalue weighted by Crippen LogP contribution is -2.38. The summed E-state index contributed by atoms with van der Waals surface area (Å²) in [5.74, 6) is 0.845. The summed E-state index contributed by atoms with van der Waals surface area (Å²) in [4.78, 5) is 17.4. The first kappa shape index (κ1) is 14.9. The summed E-state index contributed by atoms with van der Waals surface area (Å²) in [6.45, 7) is 1.70. The predicted molar refractivity (Wildman–Crippen MR) is 86.9 cm³/mol. The van der Waals surface area contributed by atoms with E-state index >= 15 is 0 Å². The number of carbonyl (C=O) groups is 1. The number of carbonyl (C=O) groups excluding carboxylic acids is 1. The summed E-state index contributed by atoms with van der Waals surface area (Å²) >= 11 is 5.87. The van der Waals surface area contributed by atoms with Gasteiger partial charge in [0.1, 0.15) is 17.5 Å². The molecule has 1 saturated heterocycles. The quantitative estimate of drug-likeness (QED) is 0.808. The van der Waals surface area contributed by atoms with Crippen LogP contribution in [0.4, 0.5) is 5.69 Å². The molecule has 3 rings (SSSR count). The van der Waals surface area contributed by atoms with Gasteiger partial charge in [0, 0.05) is 37.2 Å². The van der Waals surface area contributed by atoms with E-state index in [4.69, 9.17) is 16.3 Å². The van der Waals surface area contributed by atoms with Gasteiger partial charge in [0.2, 0.25) is 0 Å². The van der Waals surface area contributed by atoms with Crippen molar-refractivity contribution in [1.82, 2.24) is 4.98 Å². The third-order valence-corrected chi connectivity index (χ3v) is 4.08. The summed E-state index contributed by atoms with van der Waals surface area (Å²) < 4.78 is 5.98. The molecule has 1 aliphatic rings. The van der Waals surface area contributed by atoms with Crippen LogP contribution in [0, 0.1) is 0 Å². The minimum absolute atomic E-state index is 0.189. The van der Waals surface area contributed by atoms with E-state index < -0.39 is 0 Å². The van der Waals surface area contributed by atoms with E-state index in [1.165, 1.54) is 0 Å². The summed E-state index contributed by atoms with van der Waals surface area (Å²) in [7, 11) is 0. The Morgan fingerprint density at radius 3 is 2.59 bits per heavy atom. The van der Waals surface area contributed by atoms with E-state index in [-0.39, 0.29) is 6.10 Å². The second-order valence-corrected chi connectivity index (χ2v) is 5.72. The Morgan fingerprint density at radius 1 is 1.18 bits per heavy atom. The third-order valence-electron chi connectivity index (χ3n) is 3.83. The first-order chi connectivity index (χ1) is 10.8. The van der Waals surface area contributed by atoms with Crippen LogP contribution in [0.2, 0.25) is 5.02 Å². The van der Waals surface area contributed by atoms with Gasteiger partial charge in [-0.25, -0.2) is 0 Å². The molecule has 0 amide bonds. The minimum atomic E-state index is 0.189. The lowest BCUT2D eigenvalue weighted by Gasteiger charge is -2.34. The van der Waals surface area contributed by atoms with Crippen molar-refractivity contribution in [2.24, 2.45) is 0 Å². The number of piperidine rings is 1. The first-order valence-corrected chi connectivity index (χ1v) is 7.71. The zero-order chi connectivity index (χ0) is 15.4. The molecule has 1 aromatic heterocycles. The fourth-order valence-electron chi connectivity index (χ4n) is 2.69. The van der Waals surface area contributed by atoms with Gasteiger partial charge in [0.15, 0.2) is 6.29 Å². The summed E-state index contributed by atoms with van der Waals surface area (Å²) in [6.07, 6.45) is 4.47. The summed E-state index contributed by atoms with van der Waals surface area (Å²) in [5, 5.41) is 0.708. The van der Waals surface area contributed by atoms with Crippen molar-refractivity contribution in [3.63, 3.8) is 0 Å². The van der Waals surface area contributed by atoms with Crippen molar-refractivity contribution in [3.8, 4) is 5.75 Å². The molecule has 0 saturated carbocycles. The number of nitrogens with zero attached hydrogens (tertiary/aromatic N) is 2. The van der Waals surface area contributed by atoms with E-state index in [0.29, 0.717) is 10.7 Å². The summed E-state index contributed by atoms with van der Waals surface area (Å²) in [5.41, 5.74) is 1.40. The second kappa shape index (κ2) is 6.79. The smallest absolute Gasteiger partial charge is 0.170 e. The van der Waals surface area contributed by atoms with Crippen LogP contribution < -0.4 is 9.64 Å². The van der Waals surface area contributed by atoms with Gasteiger partial charge >= 0.3 is 0 Å². The molecule has 22 heavy (non-hydrogen) atoms. The minimum Gasteiger partial charge on any atom is -0.490 e. The van der Waals surface area contributed by atoms with Crippen molar-refractivity contribution in [2.45, 2.75) is 18.9 Å². The van der Waals surface area contributed by atoms with Gasteiger partial charge in [-0.1, -0.05) is 11.6 Å². The number of aromatic nitrogens is 1. The Bertz CT molecular complexity index is 637. The maximum absolute atomic E-state index is 11.1.